The predicted molar refractivity (Wildman–Crippen MR) is 73.9 cm³/mol. The summed E-state index contributed by atoms with van der Waals surface area (Å²) in [5.41, 5.74) is 5.94. The number of hydrogen-bond acceptors (Lipinski definition) is 5. The number of aliphatic carboxylic acids is 1. The van der Waals surface area contributed by atoms with Crippen LogP contribution in [-0.4, -0.2) is 49.8 Å². The van der Waals surface area contributed by atoms with Crippen LogP contribution >= 0.6 is 0 Å². The number of carboxylic acids is 1. The third kappa shape index (κ3) is 4.19. The standard InChI is InChI=1S/C12H18N2O5S/c1-14(20(17,18)8-10(13)12(15)16)7-9-5-3-4-6-11(9)19-2/h3-6,10H,7-8,13H2,1-2H3,(H,15,16)/t10-/m0/s1. The molecule has 0 unspecified atom stereocenters. The van der Waals surface area contributed by atoms with Gasteiger partial charge in [-0.25, -0.2) is 12.7 Å². The maximum absolute atomic E-state index is 12.0. The van der Waals surface area contributed by atoms with E-state index in [4.69, 9.17) is 15.6 Å². The Bertz CT molecular complexity index is 573. The number of carboxylic acid groups (broad SMARTS) is 1. The van der Waals surface area contributed by atoms with Crippen LogP contribution in [0, 0.1) is 0 Å². The molecule has 1 aromatic rings. The monoisotopic (exact) mass is 302 g/mol. The number of rotatable bonds is 7. The molecule has 20 heavy (non-hydrogen) atoms. The van der Waals surface area contributed by atoms with Gasteiger partial charge in [0.1, 0.15) is 11.8 Å². The Hall–Kier alpha value is -1.64. The lowest BCUT2D eigenvalue weighted by Crippen LogP contribution is -2.42. The van der Waals surface area contributed by atoms with Gasteiger partial charge in [0.2, 0.25) is 10.0 Å². The number of methoxy groups -OCH3 is 1. The highest BCUT2D eigenvalue weighted by molar-refractivity contribution is 7.89. The molecule has 0 bridgehead atoms. The highest BCUT2D eigenvalue weighted by atomic mass is 32.2. The van der Waals surface area contributed by atoms with E-state index in [1.54, 1.807) is 24.3 Å². The van der Waals surface area contributed by atoms with Gasteiger partial charge in [0.05, 0.1) is 12.9 Å². The number of para-hydroxylation sites is 1. The van der Waals surface area contributed by atoms with Crippen molar-refractivity contribution in [2.75, 3.05) is 19.9 Å². The van der Waals surface area contributed by atoms with Gasteiger partial charge >= 0.3 is 5.97 Å². The van der Waals surface area contributed by atoms with Gasteiger partial charge in [0.15, 0.2) is 0 Å². The second-order valence-electron chi connectivity index (χ2n) is 4.29. The summed E-state index contributed by atoms with van der Waals surface area (Å²) in [5.74, 6) is -1.43. The van der Waals surface area contributed by atoms with Crippen LogP contribution in [0.1, 0.15) is 5.56 Å². The summed E-state index contributed by atoms with van der Waals surface area (Å²) in [6.07, 6.45) is 0. The normalized spacial score (nSPS) is 13.2. The second-order valence-corrected chi connectivity index (χ2v) is 6.41. The quantitative estimate of drug-likeness (QED) is 0.726. The third-order valence-corrected chi connectivity index (χ3v) is 4.63. The van der Waals surface area contributed by atoms with Gasteiger partial charge in [-0.3, -0.25) is 4.79 Å². The number of nitrogens with zero attached hydrogens (tertiary/aromatic N) is 1. The molecule has 7 nitrogen and oxygen atoms in total. The van der Waals surface area contributed by atoms with Crippen molar-refractivity contribution < 1.29 is 23.1 Å². The molecule has 0 aliphatic carbocycles. The highest BCUT2D eigenvalue weighted by Gasteiger charge is 2.25. The van der Waals surface area contributed by atoms with Crippen LogP contribution in [0.3, 0.4) is 0 Å². The molecule has 3 N–H and O–H groups in total. The molecule has 0 fully saturated rings. The van der Waals surface area contributed by atoms with E-state index in [1.807, 2.05) is 0 Å². The summed E-state index contributed by atoms with van der Waals surface area (Å²) in [4.78, 5) is 10.6. The van der Waals surface area contributed by atoms with Crippen LogP contribution in [-0.2, 0) is 21.4 Å². The Balaban J connectivity index is 2.84. The van der Waals surface area contributed by atoms with Crippen LogP contribution in [0.5, 0.6) is 5.75 Å². The van der Waals surface area contributed by atoms with Crippen LogP contribution in [0.25, 0.3) is 0 Å². The number of carbonyl (C=O) groups is 1. The molecule has 1 rings (SSSR count). The third-order valence-electron chi connectivity index (χ3n) is 2.77. The smallest absolute Gasteiger partial charge is 0.321 e. The van der Waals surface area contributed by atoms with Gasteiger partial charge in [0, 0.05) is 19.2 Å². The number of nitrogens with two attached hydrogens (primary N) is 1. The van der Waals surface area contributed by atoms with E-state index in [1.165, 1.54) is 14.2 Å². The fourth-order valence-electron chi connectivity index (χ4n) is 1.60. The zero-order chi connectivity index (χ0) is 15.3. The first-order valence-corrected chi connectivity index (χ1v) is 7.43. The molecule has 0 aliphatic heterocycles. The predicted octanol–water partition coefficient (Wildman–Crippen LogP) is -0.131. The van der Waals surface area contributed by atoms with Crippen molar-refractivity contribution in [3.05, 3.63) is 29.8 Å². The second kappa shape index (κ2) is 6.69. The largest absolute Gasteiger partial charge is 0.496 e. The van der Waals surface area contributed by atoms with Crippen molar-refractivity contribution >= 4 is 16.0 Å². The van der Waals surface area contributed by atoms with Gasteiger partial charge in [-0.05, 0) is 6.07 Å². The Morgan fingerprint density at radius 1 is 1.45 bits per heavy atom. The van der Waals surface area contributed by atoms with Crippen molar-refractivity contribution in [1.82, 2.24) is 4.31 Å². The number of hydrogen-bond donors (Lipinski definition) is 2. The van der Waals surface area contributed by atoms with Crippen molar-refractivity contribution in [3.63, 3.8) is 0 Å². The molecule has 0 radical (unpaired) electrons. The van der Waals surface area contributed by atoms with Crippen LogP contribution in [0.4, 0.5) is 0 Å². The lowest BCUT2D eigenvalue weighted by Gasteiger charge is -2.19. The summed E-state index contributed by atoms with van der Waals surface area (Å²) in [6, 6.07) is 5.55. The zero-order valence-corrected chi connectivity index (χ0v) is 12.1. The summed E-state index contributed by atoms with van der Waals surface area (Å²) < 4.78 is 30.2. The molecule has 0 amide bonds. The first-order chi connectivity index (χ1) is 9.27. The van der Waals surface area contributed by atoms with Gasteiger partial charge < -0.3 is 15.6 Å². The molecule has 0 spiro atoms. The Morgan fingerprint density at radius 2 is 2.05 bits per heavy atom. The van der Waals surface area contributed by atoms with Crippen LogP contribution in [0.15, 0.2) is 24.3 Å². The van der Waals surface area contributed by atoms with Gasteiger partial charge in [-0.2, -0.15) is 0 Å². The lowest BCUT2D eigenvalue weighted by molar-refractivity contribution is -0.137. The van der Waals surface area contributed by atoms with E-state index in [0.29, 0.717) is 11.3 Å². The molecule has 1 atom stereocenters. The molecule has 0 aliphatic rings. The Labute approximate surface area is 118 Å². The molecule has 8 heteroatoms. The average molecular weight is 302 g/mol. The van der Waals surface area contributed by atoms with Gasteiger partial charge in [0.25, 0.3) is 0 Å². The maximum Gasteiger partial charge on any atom is 0.321 e. The van der Waals surface area contributed by atoms with Crippen molar-refractivity contribution in [3.8, 4) is 5.75 Å². The first-order valence-electron chi connectivity index (χ1n) is 5.82. The molecule has 1 aromatic carbocycles. The molecule has 0 aromatic heterocycles. The van der Waals surface area contributed by atoms with Crippen LogP contribution < -0.4 is 10.5 Å². The summed E-state index contributed by atoms with van der Waals surface area (Å²) >= 11 is 0. The number of sulfonamides is 1. The first kappa shape index (κ1) is 16.4. The van der Waals surface area contributed by atoms with Gasteiger partial charge in [-0.15, -0.1) is 0 Å². The SMILES string of the molecule is COc1ccccc1CN(C)S(=O)(=O)C[C@H](N)C(=O)O. The molecular weight excluding hydrogens is 284 g/mol. The van der Waals surface area contributed by atoms with E-state index >= 15 is 0 Å². The van der Waals surface area contributed by atoms with Crippen LogP contribution in [0.2, 0.25) is 0 Å². The minimum absolute atomic E-state index is 0.0820. The molecule has 0 saturated heterocycles. The van der Waals surface area contributed by atoms with Crippen molar-refractivity contribution in [2.24, 2.45) is 5.73 Å². The minimum atomic E-state index is -3.76. The summed E-state index contributed by atoms with van der Waals surface area (Å²) in [6.45, 7) is 0.0820. The molecule has 0 heterocycles. The number of benzene rings is 1. The molecule has 112 valence electrons. The fraction of sp³-hybridized carbons (Fsp3) is 0.417. The Kier molecular flexibility index (Phi) is 5.49. The molecular formula is C12H18N2O5S. The van der Waals surface area contributed by atoms with E-state index in [0.717, 1.165) is 4.31 Å². The minimum Gasteiger partial charge on any atom is -0.496 e. The van der Waals surface area contributed by atoms with E-state index in [2.05, 4.69) is 0 Å². The fourth-order valence-corrected chi connectivity index (χ4v) is 2.78. The van der Waals surface area contributed by atoms with Crippen molar-refractivity contribution in [1.29, 1.82) is 0 Å². The average Bonchev–Trinajstić information content (AvgIpc) is 2.38. The summed E-state index contributed by atoms with van der Waals surface area (Å²) in [5, 5.41) is 8.67. The lowest BCUT2D eigenvalue weighted by atomic mass is 10.2. The zero-order valence-electron chi connectivity index (χ0n) is 11.3. The van der Waals surface area contributed by atoms with Crippen molar-refractivity contribution in [2.45, 2.75) is 12.6 Å². The Morgan fingerprint density at radius 3 is 2.60 bits per heavy atom. The topological polar surface area (TPSA) is 110 Å². The van der Waals surface area contributed by atoms with E-state index < -0.39 is 27.8 Å². The van der Waals surface area contributed by atoms with E-state index in [-0.39, 0.29) is 6.54 Å². The number of ether oxygens (including phenoxy) is 1. The summed E-state index contributed by atoms with van der Waals surface area (Å²) in [7, 11) is -0.891. The maximum atomic E-state index is 12.0. The highest BCUT2D eigenvalue weighted by Crippen LogP contribution is 2.20. The molecule has 0 saturated carbocycles. The van der Waals surface area contributed by atoms with Gasteiger partial charge in [-0.1, -0.05) is 18.2 Å². The van der Waals surface area contributed by atoms with E-state index in [9.17, 15) is 13.2 Å².